The van der Waals surface area contributed by atoms with Gasteiger partial charge < -0.3 is 4.90 Å². The number of rotatable bonds is 4. The summed E-state index contributed by atoms with van der Waals surface area (Å²) in [7, 11) is 0. The van der Waals surface area contributed by atoms with Crippen LogP contribution in [0, 0.1) is 16.7 Å². The number of nitrogens with zero attached hydrogens (tertiary/aromatic N) is 2. The number of hydrogen-bond donors (Lipinski definition) is 0. The largest absolute Gasteiger partial charge is 0.339 e. The smallest absolute Gasteiger partial charge is 0.253 e. The van der Waals surface area contributed by atoms with Gasteiger partial charge in [0.1, 0.15) is 0 Å². The number of benzene rings is 1. The zero-order chi connectivity index (χ0) is 19.3. The topological polar surface area (TPSA) is 57.7 Å². The van der Waals surface area contributed by atoms with Gasteiger partial charge in [0, 0.05) is 24.6 Å². The Morgan fingerprint density at radius 3 is 2.23 bits per heavy atom. The molecule has 0 unspecified atom stereocenters. The minimum Gasteiger partial charge on any atom is -0.339 e. The van der Waals surface area contributed by atoms with Gasteiger partial charge in [0.2, 0.25) is 11.8 Å². The summed E-state index contributed by atoms with van der Waals surface area (Å²) in [6.45, 7) is 11.2. The molecule has 1 aromatic carbocycles. The third kappa shape index (κ3) is 2.40. The number of hydrogen-bond acceptors (Lipinski definition) is 3. The van der Waals surface area contributed by atoms with Crippen LogP contribution < -0.4 is 4.90 Å². The maximum atomic E-state index is 13.2. The summed E-state index contributed by atoms with van der Waals surface area (Å²) in [4.78, 5) is 41.7. The van der Waals surface area contributed by atoms with Crippen LogP contribution in [-0.4, -0.2) is 35.7 Å². The molecule has 0 radical (unpaired) electrons. The van der Waals surface area contributed by atoms with Crippen molar-refractivity contribution in [2.24, 2.45) is 16.7 Å². The molecule has 1 aromatic rings. The highest BCUT2D eigenvalue weighted by Crippen LogP contribution is 2.60. The molecular weight excluding hydrogens is 328 g/mol. The van der Waals surface area contributed by atoms with Crippen molar-refractivity contribution in [3.63, 3.8) is 0 Å². The molecule has 5 heteroatoms. The van der Waals surface area contributed by atoms with Crippen molar-refractivity contribution >= 4 is 23.4 Å². The van der Waals surface area contributed by atoms with Crippen molar-refractivity contribution in [3.8, 4) is 0 Å². The van der Waals surface area contributed by atoms with Gasteiger partial charge in [-0.05, 0) is 56.4 Å². The summed E-state index contributed by atoms with van der Waals surface area (Å²) >= 11 is 0. The molecule has 2 bridgehead atoms. The van der Waals surface area contributed by atoms with Crippen LogP contribution in [-0.2, 0) is 9.59 Å². The van der Waals surface area contributed by atoms with Crippen molar-refractivity contribution < 1.29 is 14.4 Å². The molecule has 1 saturated heterocycles. The Balaban J connectivity index is 1.92. The van der Waals surface area contributed by atoms with Gasteiger partial charge >= 0.3 is 0 Å². The van der Waals surface area contributed by atoms with Gasteiger partial charge in [0.05, 0.1) is 11.1 Å². The Morgan fingerprint density at radius 1 is 1.12 bits per heavy atom. The number of anilines is 1. The van der Waals surface area contributed by atoms with Crippen LogP contribution in [0.2, 0.25) is 0 Å². The first-order valence-electron chi connectivity index (χ1n) is 9.46. The van der Waals surface area contributed by atoms with Gasteiger partial charge in [0.25, 0.3) is 5.91 Å². The molecule has 1 saturated carbocycles. The van der Waals surface area contributed by atoms with Crippen LogP contribution in [0.5, 0.6) is 0 Å². The van der Waals surface area contributed by atoms with E-state index < -0.39 is 5.41 Å². The predicted molar refractivity (Wildman–Crippen MR) is 101 cm³/mol. The SMILES string of the molecule is CCN(CC)C(=O)c1ccc(N2C(=O)[C@H]3CC[C@@](C)(C2=O)C3(C)C)cc1. The van der Waals surface area contributed by atoms with E-state index in [1.54, 1.807) is 29.2 Å². The van der Waals surface area contributed by atoms with E-state index in [2.05, 4.69) is 0 Å². The lowest BCUT2D eigenvalue weighted by Gasteiger charge is -2.47. The maximum absolute atomic E-state index is 13.2. The summed E-state index contributed by atoms with van der Waals surface area (Å²) in [6, 6.07) is 6.85. The van der Waals surface area contributed by atoms with Crippen LogP contribution in [0.1, 0.15) is 57.8 Å². The predicted octanol–water partition coefficient (Wildman–Crippen LogP) is 3.48. The quantitative estimate of drug-likeness (QED) is 0.776. The van der Waals surface area contributed by atoms with E-state index >= 15 is 0 Å². The van der Waals surface area contributed by atoms with Gasteiger partial charge in [-0.1, -0.05) is 20.8 Å². The normalized spacial score (nSPS) is 27.0. The number of carbonyl (C=O) groups excluding carboxylic acids is 3. The van der Waals surface area contributed by atoms with E-state index in [1.807, 2.05) is 34.6 Å². The zero-order valence-electron chi connectivity index (χ0n) is 16.3. The molecule has 140 valence electrons. The highest BCUT2D eigenvalue weighted by Gasteiger charge is 2.64. The molecule has 0 N–H and O–H groups in total. The minimum atomic E-state index is -0.527. The van der Waals surface area contributed by atoms with Crippen molar-refractivity contribution in [1.82, 2.24) is 4.90 Å². The van der Waals surface area contributed by atoms with E-state index in [0.717, 1.165) is 12.8 Å². The van der Waals surface area contributed by atoms with Crippen LogP contribution in [0.15, 0.2) is 24.3 Å². The maximum Gasteiger partial charge on any atom is 0.253 e. The number of imide groups is 1. The van der Waals surface area contributed by atoms with E-state index in [9.17, 15) is 14.4 Å². The molecular formula is C21H28N2O3. The molecule has 3 rings (SSSR count). The van der Waals surface area contributed by atoms with Crippen molar-refractivity contribution in [1.29, 1.82) is 0 Å². The van der Waals surface area contributed by atoms with Crippen LogP contribution >= 0.6 is 0 Å². The molecule has 2 fully saturated rings. The van der Waals surface area contributed by atoms with Crippen LogP contribution in [0.3, 0.4) is 0 Å². The molecule has 3 amide bonds. The Kier molecular flexibility index (Phi) is 4.45. The first-order valence-corrected chi connectivity index (χ1v) is 9.46. The van der Waals surface area contributed by atoms with E-state index in [-0.39, 0.29) is 29.1 Å². The summed E-state index contributed by atoms with van der Waals surface area (Å²) in [5.74, 6) is -0.407. The minimum absolute atomic E-state index is 0.0361. The molecule has 26 heavy (non-hydrogen) atoms. The monoisotopic (exact) mass is 356 g/mol. The average molecular weight is 356 g/mol. The number of carbonyl (C=O) groups is 3. The number of amides is 3. The van der Waals surface area contributed by atoms with Gasteiger partial charge in [0.15, 0.2) is 0 Å². The van der Waals surface area contributed by atoms with E-state index in [4.69, 9.17) is 0 Å². The Labute approximate surface area is 155 Å². The summed E-state index contributed by atoms with van der Waals surface area (Å²) in [5, 5.41) is 0. The fourth-order valence-corrected chi connectivity index (χ4v) is 4.51. The molecule has 2 atom stereocenters. The van der Waals surface area contributed by atoms with Gasteiger partial charge in [-0.2, -0.15) is 0 Å². The fourth-order valence-electron chi connectivity index (χ4n) is 4.51. The summed E-state index contributed by atoms with van der Waals surface area (Å²) in [6.07, 6.45) is 1.49. The van der Waals surface area contributed by atoms with E-state index in [0.29, 0.717) is 24.3 Å². The second kappa shape index (κ2) is 6.22. The average Bonchev–Trinajstić information content (AvgIpc) is 2.80. The van der Waals surface area contributed by atoms with E-state index in [1.165, 1.54) is 4.90 Å². The molecule has 2 aliphatic rings. The van der Waals surface area contributed by atoms with Crippen molar-refractivity contribution in [3.05, 3.63) is 29.8 Å². The fraction of sp³-hybridized carbons (Fsp3) is 0.571. The van der Waals surface area contributed by atoms with Gasteiger partial charge in [-0.25, -0.2) is 4.90 Å². The zero-order valence-corrected chi connectivity index (χ0v) is 16.3. The lowest BCUT2D eigenvalue weighted by molar-refractivity contribution is -0.146. The first kappa shape index (κ1) is 18.6. The second-order valence-corrected chi connectivity index (χ2v) is 8.15. The van der Waals surface area contributed by atoms with Crippen molar-refractivity contribution in [2.75, 3.05) is 18.0 Å². The second-order valence-electron chi connectivity index (χ2n) is 8.15. The number of fused-ring (bicyclic) bond motifs is 2. The third-order valence-electron chi connectivity index (χ3n) is 6.84. The standard InChI is InChI=1S/C21H28N2O3/c1-6-22(7-2)17(24)14-8-10-15(11-9-14)23-18(25)16-12-13-21(5,19(23)26)20(16,3)4/h8-11,16H,6-7,12-13H2,1-5H3/t16-,21+/m1/s1. The van der Waals surface area contributed by atoms with Gasteiger partial charge in [-0.15, -0.1) is 0 Å². The van der Waals surface area contributed by atoms with Crippen LogP contribution in [0.4, 0.5) is 5.69 Å². The lowest BCUT2D eigenvalue weighted by atomic mass is 9.62. The Bertz CT molecular complexity index is 749. The van der Waals surface area contributed by atoms with Gasteiger partial charge in [-0.3, -0.25) is 14.4 Å². The molecule has 5 nitrogen and oxygen atoms in total. The lowest BCUT2D eigenvalue weighted by Crippen LogP contribution is -2.59. The summed E-state index contributed by atoms with van der Waals surface area (Å²) < 4.78 is 0. The highest BCUT2D eigenvalue weighted by molar-refractivity contribution is 6.20. The molecule has 0 aromatic heterocycles. The molecule has 1 aliphatic carbocycles. The van der Waals surface area contributed by atoms with Crippen molar-refractivity contribution in [2.45, 2.75) is 47.5 Å². The highest BCUT2D eigenvalue weighted by atomic mass is 16.2. The number of piperidine rings is 1. The Morgan fingerprint density at radius 2 is 1.69 bits per heavy atom. The Hall–Kier alpha value is -2.17. The molecule has 1 aliphatic heterocycles. The first-order chi connectivity index (χ1) is 12.2. The molecule has 1 heterocycles. The van der Waals surface area contributed by atoms with Crippen LogP contribution in [0.25, 0.3) is 0 Å². The third-order valence-corrected chi connectivity index (χ3v) is 6.84. The molecule has 0 spiro atoms. The summed E-state index contributed by atoms with van der Waals surface area (Å²) in [5.41, 5.74) is 0.283.